The van der Waals surface area contributed by atoms with E-state index >= 15 is 0 Å². The molecule has 0 heterocycles. The number of fused-ring (bicyclic) bond motifs is 3. The minimum absolute atomic E-state index is 0.169. The van der Waals surface area contributed by atoms with Gasteiger partial charge in [0.05, 0.1) is 5.56 Å². The largest absolute Gasteiger partial charge is 0.416 e. The summed E-state index contributed by atoms with van der Waals surface area (Å²) < 4.78 is 39.1. The first kappa shape index (κ1) is 19.0. The van der Waals surface area contributed by atoms with Gasteiger partial charge in [0.25, 0.3) is 0 Å². The average Bonchev–Trinajstić information content (AvgIpc) is 2.71. The first-order valence-corrected chi connectivity index (χ1v) is 10.2. The summed E-state index contributed by atoms with van der Waals surface area (Å²) in [6.45, 7) is 2.19. The quantitative estimate of drug-likeness (QED) is 0.433. The molecule has 0 saturated carbocycles. The second-order valence-corrected chi connectivity index (χ2v) is 7.89. The summed E-state index contributed by atoms with van der Waals surface area (Å²) in [6.07, 6.45) is 1.26. The van der Waals surface area contributed by atoms with Gasteiger partial charge in [-0.2, -0.15) is 13.2 Å². The van der Waals surface area contributed by atoms with Crippen molar-refractivity contribution >= 4 is 10.8 Å². The number of benzene rings is 3. The van der Waals surface area contributed by atoms with E-state index in [0.29, 0.717) is 5.92 Å². The maximum Gasteiger partial charge on any atom is 0.416 e. The molecule has 0 fully saturated rings. The van der Waals surface area contributed by atoms with Gasteiger partial charge in [-0.15, -0.1) is 0 Å². The van der Waals surface area contributed by atoms with Crippen molar-refractivity contribution in [2.45, 2.75) is 51.1 Å². The minimum atomic E-state index is -4.29. The lowest BCUT2D eigenvalue weighted by Crippen LogP contribution is -2.22. The maximum atomic E-state index is 13.0. The molecular formula is C25H25F3. The van der Waals surface area contributed by atoms with Crippen LogP contribution in [0, 0.1) is 5.92 Å². The second kappa shape index (κ2) is 7.62. The topological polar surface area (TPSA) is 0 Å². The summed E-state index contributed by atoms with van der Waals surface area (Å²) in [5.41, 5.74) is 3.10. The van der Waals surface area contributed by atoms with E-state index in [1.165, 1.54) is 34.0 Å². The molecule has 1 aliphatic rings. The third-order valence-electron chi connectivity index (χ3n) is 6.17. The van der Waals surface area contributed by atoms with Gasteiger partial charge in [0, 0.05) is 5.92 Å². The molecule has 3 heteroatoms. The fourth-order valence-corrected chi connectivity index (χ4v) is 4.78. The van der Waals surface area contributed by atoms with E-state index < -0.39 is 11.7 Å². The molecule has 1 aliphatic carbocycles. The Labute approximate surface area is 164 Å². The van der Waals surface area contributed by atoms with Crippen LogP contribution in [0.2, 0.25) is 0 Å². The van der Waals surface area contributed by atoms with Crippen molar-refractivity contribution in [2.75, 3.05) is 0 Å². The van der Waals surface area contributed by atoms with Gasteiger partial charge in [-0.3, -0.25) is 0 Å². The summed E-state index contributed by atoms with van der Waals surface area (Å²) in [5.74, 6) is 0.646. The number of halogens is 3. The third kappa shape index (κ3) is 3.55. The van der Waals surface area contributed by atoms with Crippen LogP contribution in [-0.4, -0.2) is 0 Å². The molecule has 0 amide bonds. The number of hydrogen-bond donors (Lipinski definition) is 0. The van der Waals surface area contributed by atoms with Crippen molar-refractivity contribution in [3.63, 3.8) is 0 Å². The van der Waals surface area contributed by atoms with Crippen LogP contribution < -0.4 is 0 Å². The molecular weight excluding hydrogens is 357 g/mol. The van der Waals surface area contributed by atoms with Gasteiger partial charge < -0.3 is 0 Å². The van der Waals surface area contributed by atoms with Gasteiger partial charge in [-0.05, 0) is 64.8 Å². The van der Waals surface area contributed by atoms with Crippen LogP contribution in [0.15, 0.2) is 60.7 Å². The summed E-state index contributed by atoms with van der Waals surface area (Å²) in [5, 5.41) is 2.52. The molecule has 0 saturated heterocycles. The summed E-state index contributed by atoms with van der Waals surface area (Å²) in [4.78, 5) is 0. The van der Waals surface area contributed by atoms with Crippen molar-refractivity contribution in [3.8, 4) is 0 Å². The maximum absolute atomic E-state index is 13.0. The van der Waals surface area contributed by atoms with Crippen LogP contribution in [0.5, 0.6) is 0 Å². The van der Waals surface area contributed by atoms with Gasteiger partial charge in [0.15, 0.2) is 0 Å². The summed E-state index contributed by atoms with van der Waals surface area (Å²) in [7, 11) is 0. The molecule has 146 valence electrons. The Kier molecular flexibility index (Phi) is 5.18. The molecule has 2 atom stereocenters. The normalized spacial score (nSPS) is 19.6. The first-order chi connectivity index (χ1) is 13.5. The molecule has 0 nitrogen and oxygen atoms in total. The molecule has 0 bridgehead atoms. The highest BCUT2D eigenvalue weighted by atomic mass is 19.4. The van der Waals surface area contributed by atoms with Crippen molar-refractivity contribution < 1.29 is 13.2 Å². The van der Waals surface area contributed by atoms with Crippen LogP contribution in [-0.2, 0) is 12.6 Å². The molecule has 3 aromatic carbocycles. The van der Waals surface area contributed by atoms with Gasteiger partial charge in [-0.25, -0.2) is 0 Å². The summed E-state index contributed by atoms with van der Waals surface area (Å²) >= 11 is 0. The Morgan fingerprint density at radius 2 is 1.68 bits per heavy atom. The average molecular weight is 382 g/mol. The highest BCUT2D eigenvalue weighted by Gasteiger charge is 2.33. The SMILES string of the molecule is CCCC[C@@H]1CCc2c(ccc3ccccc23)[C@H]1c1ccc(C(F)(F)F)cc1. The lowest BCUT2D eigenvalue weighted by atomic mass is 9.69. The van der Waals surface area contributed by atoms with E-state index in [4.69, 9.17) is 0 Å². The van der Waals surface area contributed by atoms with Crippen LogP contribution in [0.1, 0.15) is 60.8 Å². The number of rotatable bonds is 4. The van der Waals surface area contributed by atoms with Crippen molar-refractivity contribution in [1.82, 2.24) is 0 Å². The van der Waals surface area contributed by atoms with Gasteiger partial charge >= 0.3 is 6.18 Å². The van der Waals surface area contributed by atoms with Gasteiger partial charge in [0.2, 0.25) is 0 Å². The fraction of sp³-hybridized carbons (Fsp3) is 0.360. The van der Waals surface area contributed by atoms with Crippen molar-refractivity contribution in [2.24, 2.45) is 5.92 Å². The molecule has 0 unspecified atom stereocenters. The highest BCUT2D eigenvalue weighted by Crippen LogP contribution is 2.45. The van der Waals surface area contributed by atoms with Crippen LogP contribution in [0.3, 0.4) is 0 Å². The first-order valence-electron chi connectivity index (χ1n) is 10.2. The predicted octanol–water partition coefficient (Wildman–Crippen LogP) is 7.74. The Morgan fingerprint density at radius 3 is 2.39 bits per heavy atom. The second-order valence-electron chi connectivity index (χ2n) is 7.89. The molecule has 0 aliphatic heterocycles. The van der Waals surface area contributed by atoms with Crippen LogP contribution >= 0.6 is 0 Å². The summed E-state index contributed by atoms with van der Waals surface area (Å²) in [6, 6.07) is 18.6. The van der Waals surface area contributed by atoms with E-state index in [0.717, 1.165) is 37.7 Å². The molecule has 28 heavy (non-hydrogen) atoms. The van der Waals surface area contributed by atoms with E-state index in [-0.39, 0.29) is 5.92 Å². The lowest BCUT2D eigenvalue weighted by Gasteiger charge is -2.35. The van der Waals surface area contributed by atoms with E-state index in [1.807, 2.05) is 0 Å². The zero-order chi connectivity index (χ0) is 19.7. The number of unbranched alkanes of at least 4 members (excludes halogenated alkanes) is 1. The molecule has 0 spiro atoms. The molecule has 0 aromatic heterocycles. The van der Waals surface area contributed by atoms with Crippen molar-refractivity contribution in [1.29, 1.82) is 0 Å². The van der Waals surface area contributed by atoms with E-state index in [1.54, 1.807) is 12.1 Å². The number of alkyl halides is 3. The van der Waals surface area contributed by atoms with Crippen LogP contribution in [0.25, 0.3) is 10.8 Å². The monoisotopic (exact) mass is 382 g/mol. The Morgan fingerprint density at radius 1 is 0.929 bits per heavy atom. The van der Waals surface area contributed by atoms with E-state index in [2.05, 4.69) is 43.3 Å². The molecule has 3 aromatic rings. The molecule has 4 rings (SSSR count). The zero-order valence-electron chi connectivity index (χ0n) is 16.1. The molecule has 0 radical (unpaired) electrons. The number of aryl methyl sites for hydroxylation is 1. The van der Waals surface area contributed by atoms with Crippen molar-refractivity contribution in [3.05, 3.63) is 82.9 Å². The fourth-order valence-electron chi connectivity index (χ4n) is 4.78. The highest BCUT2D eigenvalue weighted by molar-refractivity contribution is 5.87. The van der Waals surface area contributed by atoms with E-state index in [9.17, 15) is 13.2 Å². The Balaban J connectivity index is 1.80. The molecule has 0 N–H and O–H groups in total. The van der Waals surface area contributed by atoms with Gasteiger partial charge in [0.1, 0.15) is 0 Å². The Bertz CT molecular complexity index is 954. The third-order valence-corrected chi connectivity index (χ3v) is 6.17. The minimum Gasteiger partial charge on any atom is -0.166 e. The van der Waals surface area contributed by atoms with Gasteiger partial charge in [-0.1, -0.05) is 68.3 Å². The predicted molar refractivity (Wildman–Crippen MR) is 109 cm³/mol. The zero-order valence-corrected chi connectivity index (χ0v) is 16.1. The Hall–Kier alpha value is -2.29. The number of hydrogen-bond acceptors (Lipinski definition) is 0. The lowest BCUT2D eigenvalue weighted by molar-refractivity contribution is -0.137. The van der Waals surface area contributed by atoms with Crippen LogP contribution in [0.4, 0.5) is 13.2 Å². The standard InChI is InChI=1S/C25H25F3/c1-2-3-6-18-12-15-22-21-8-5-4-7-17(21)11-16-23(22)24(18)19-9-13-20(14-10-19)25(26,27)28/h4-5,7-11,13-14,16,18,24H,2-3,6,12,15H2,1H3/t18-,24-/m1/s1. The smallest absolute Gasteiger partial charge is 0.166 e.